The van der Waals surface area contributed by atoms with Crippen molar-refractivity contribution in [1.82, 2.24) is 10.7 Å². The van der Waals surface area contributed by atoms with Gasteiger partial charge in [-0.3, -0.25) is 9.59 Å². The summed E-state index contributed by atoms with van der Waals surface area (Å²) >= 11 is 5.94. The van der Waals surface area contributed by atoms with E-state index in [1.807, 2.05) is 73.7 Å². The third-order valence-electron chi connectivity index (χ3n) is 5.69. The molecule has 8 heteroatoms. The minimum atomic E-state index is -0.811. The molecule has 1 saturated heterocycles. The molecule has 34 heavy (non-hydrogen) atoms. The minimum absolute atomic E-state index is 0.302. The second-order valence-corrected chi connectivity index (χ2v) is 8.61. The number of ether oxygens (including phenoxy) is 1. The van der Waals surface area contributed by atoms with Crippen molar-refractivity contribution in [3.8, 4) is 5.75 Å². The summed E-state index contributed by atoms with van der Waals surface area (Å²) < 4.78 is 7.01. The fourth-order valence-electron chi connectivity index (χ4n) is 3.83. The second-order valence-electron chi connectivity index (χ2n) is 8.17. The Kier molecular flexibility index (Phi) is 6.84. The number of hydrogen-bond donors (Lipinski definition) is 2. The molecule has 2 N–H and O–H groups in total. The van der Waals surface area contributed by atoms with E-state index >= 15 is 0 Å². The normalized spacial score (nSPS) is 18.5. The molecule has 0 bridgehead atoms. The van der Waals surface area contributed by atoms with Gasteiger partial charge in [0.1, 0.15) is 5.75 Å². The van der Waals surface area contributed by atoms with Crippen LogP contribution in [0, 0.1) is 0 Å². The zero-order chi connectivity index (χ0) is 24.2. The number of benzene rings is 3. The highest BCUT2D eigenvalue weighted by atomic mass is 35.5. The van der Waals surface area contributed by atoms with Crippen molar-refractivity contribution < 1.29 is 19.0 Å². The summed E-state index contributed by atoms with van der Waals surface area (Å²) in [5.74, 6) is 0.0504. The van der Waals surface area contributed by atoms with Gasteiger partial charge in [-0.1, -0.05) is 11.6 Å². The van der Waals surface area contributed by atoms with Crippen LogP contribution in [0.3, 0.4) is 0 Å². The lowest BCUT2D eigenvalue weighted by molar-refractivity contribution is -0.596. The number of rotatable bonds is 6. The number of halogens is 1. The first-order chi connectivity index (χ1) is 16.4. The SMILES string of the molecule is COc1ccc([C@H]2[C@@H](NC(=O)c3ccc(Cl)cc3)C(=O)N/[N+]2=C\c2ccc(N(C)C)cc2)cc1. The average Bonchev–Trinajstić information content (AvgIpc) is 3.14. The molecule has 0 saturated carbocycles. The maximum atomic E-state index is 13.0. The van der Waals surface area contributed by atoms with Crippen LogP contribution in [-0.2, 0) is 4.79 Å². The Morgan fingerprint density at radius 1 is 1.03 bits per heavy atom. The molecule has 1 heterocycles. The maximum absolute atomic E-state index is 13.0. The fourth-order valence-corrected chi connectivity index (χ4v) is 3.95. The number of anilines is 1. The summed E-state index contributed by atoms with van der Waals surface area (Å²) in [6.45, 7) is 0. The van der Waals surface area contributed by atoms with E-state index < -0.39 is 12.1 Å². The minimum Gasteiger partial charge on any atom is -0.497 e. The molecule has 3 aromatic rings. The molecule has 7 nitrogen and oxygen atoms in total. The molecule has 0 spiro atoms. The van der Waals surface area contributed by atoms with Gasteiger partial charge in [-0.25, -0.2) is 0 Å². The van der Waals surface area contributed by atoms with E-state index in [0.717, 1.165) is 16.8 Å². The Morgan fingerprint density at radius 2 is 1.68 bits per heavy atom. The lowest BCUT2D eigenvalue weighted by atomic mass is 9.99. The Labute approximate surface area is 203 Å². The molecule has 1 fully saturated rings. The van der Waals surface area contributed by atoms with Crippen molar-refractivity contribution in [2.75, 3.05) is 26.1 Å². The summed E-state index contributed by atoms with van der Waals surface area (Å²) in [5, 5.41) is 3.42. The summed E-state index contributed by atoms with van der Waals surface area (Å²) in [6, 6.07) is 20.7. The summed E-state index contributed by atoms with van der Waals surface area (Å²) in [4.78, 5) is 27.9. The molecule has 0 radical (unpaired) electrons. The summed E-state index contributed by atoms with van der Waals surface area (Å²) in [6.07, 6.45) is 1.86. The van der Waals surface area contributed by atoms with Crippen LogP contribution < -0.4 is 20.4 Å². The molecular formula is C26H26ClN4O3+. The first kappa shape index (κ1) is 23.3. The van der Waals surface area contributed by atoms with Crippen LogP contribution in [-0.4, -0.2) is 50.0 Å². The number of carbonyl (C=O) groups excluding carboxylic acids is 2. The molecule has 1 aliphatic heterocycles. The first-order valence-electron chi connectivity index (χ1n) is 10.8. The number of amides is 2. The number of methoxy groups -OCH3 is 1. The van der Waals surface area contributed by atoms with E-state index in [1.165, 1.54) is 0 Å². The van der Waals surface area contributed by atoms with Crippen molar-refractivity contribution in [2.45, 2.75) is 12.1 Å². The monoisotopic (exact) mass is 477 g/mol. The van der Waals surface area contributed by atoms with Crippen LogP contribution in [0.1, 0.15) is 27.5 Å². The second kappa shape index (κ2) is 9.97. The van der Waals surface area contributed by atoms with Crippen LogP contribution in [0.15, 0.2) is 72.8 Å². The van der Waals surface area contributed by atoms with Gasteiger partial charge in [0.15, 0.2) is 6.04 Å². The number of hydrazine groups is 1. The smallest absolute Gasteiger partial charge is 0.304 e. The molecule has 0 unspecified atom stereocenters. The molecule has 3 aromatic carbocycles. The molecule has 4 rings (SSSR count). The number of hydrogen-bond acceptors (Lipinski definition) is 4. The molecule has 174 valence electrons. The van der Waals surface area contributed by atoms with Gasteiger partial charge in [-0.2, -0.15) is 0 Å². The van der Waals surface area contributed by atoms with E-state index in [9.17, 15) is 9.59 Å². The third kappa shape index (κ3) is 5.05. The topological polar surface area (TPSA) is 73.7 Å². The molecule has 1 aliphatic rings. The van der Waals surface area contributed by atoms with Crippen LogP contribution in [0.5, 0.6) is 5.75 Å². The summed E-state index contributed by atoms with van der Waals surface area (Å²) in [5.41, 5.74) is 6.15. The van der Waals surface area contributed by atoms with Gasteiger partial charge in [-0.05, 0) is 72.8 Å². The van der Waals surface area contributed by atoms with Gasteiger partial charge < -0.3 is 15.0 Å². The number of nitrogens with one attached hydrogen (secondary N) is 2. The Morgan fingerprint density at radius 3 is 2.26 bits per heavy atom. The molecule has 0 aliphatic carbocycles. The van der Waals surface area contributed by atoms with E-state index in [0.29, 0.717) is 16.3 Å². The van der Waals surface area contributed by atoms with Crippen LogP contribution >= 0.6 is 11.6 Å². The summed E-state index contributed by atoms with van der Waals surface area (Å²) in [7, 11) is 5.56. The Bertz CT molecular complexity index is 1210. The fraction of sp³-hybridized carbons (Fsp3) is 0.192. The van der Waals surface area contributed by atoms with Crippen molar-refractivity contribution in [3.05, 3.63) is 94.5 Å². The number of hydrazone groups is 1. The highest BCUT2D eigenvalue weighted by Crippen LogP contribution is 2.27. The average molecular weight is 478 g/mol. The highest BCUT2D eigenvalue weighted by Gasteiger charge is 2.47. The van der Waals surface area contributed by atoms with E-state index in [2.05, 4.69) is 10.7 Å². The van der Waals surface area contributed by atoms with Crippen LogP contribution in [0.4, 0.5) is 5.69 Å². The van der Waals surface area contributed by atoms with Crippen molar-refractivity contribution in [1.29, 1.82) is 0 Å². The van der Waals surface area contributed by atoms with Crippen molar-refractivity contribution in [3.63, 3.8) is 0 Å². The first-order valence-corrected chi connectivity index (χ1v) is 11.1. The molecular weight excluding hydrogens is 452 g/mol. The number of nitrogens with zero attached hydrogens (tertiary/aromatic N) is 2. The predicted octanol–water partition coefficient (Wildman–Crippen LogP) is 3.43. The van der Waals surface area contributed by atoms with Crippen molar-refractivity contribution in [2.24, 2.45) is 0 Å². The molecule has 2 amide bonds. The number of carbonyl (C=O) groups is 2. The van der Waals surface area contributed by atoms with Crippen LogP contribution in [0.25, 0.3) is 0 Å². The van der Waals surface area contributed by atoms with Gasteiger partial charge in [-0.15, -0.1) is 10.1 Å². The predicted molar refractivity (Wildman–Crippen MR) is 133 cm³/mol. The van der Waals surface area contributed by atoms with E-state index in [1.54, 1.807) is 36.1 Å². The Balaban J connectivity index is 1.68. The highest BCUT2D eigenvalue weighted by molar-refractivity contribution is 6.30. The van der Waals surface area contributed by atoms with Gasteiger partial charge in [0.2, 0.25) is 12.3 Å². The standard InChI is InChI=1S/C26H25ClN4O3/c1-30(2)21-12-4-17(5-13-21)16-31-24(18-8-14-22(34-3)15-9-18)23(26(33)29-31)28-25(32)19-6-10-20(27)11-7-19/h4-16,23-24H,1-3H3,(H-,28,29,32,33)/p+1/t23-,24+/m1/s1. The van der Waals surface area contributed by atoms with Gasteiger partial charge >= 0.3 is 5.91 Å². The largest absolute Gasteiger partial charge is 0.497 e. The quantitative estimate of drug-likeness (QED) is 0.533. The zero-order valence-corrected chi connectivity index (χ0v) is 19.9. The van der Waals surface area contributed by atoms with Gasteiger partial charge in [0.25, 0.3) is 5.91 Å². The van der Waals surface area contributed by atoms with E-state index in [-0.39, 0.29) is 11.8 Å². The van der Waals surface area contributed by atoms with Crippen LogP contribution in [0.2, 0.25) is 5.02 Å². The maximum Gasteiger partial charge on any atom is 0.304 e. The van der Waals surface area contributed by atoms with Gasteiger partial charge in [0.05, 0.1) is 7.11 Å². The molecule has 2 atom stereocenters. The lowest BCUT2D eigenvalue weighted by Gasteiger charge is -2.15. The molecule has 0 aromatic heterocycles. The Hall–Kier alpha value is -3.84. The lowest BCUT2D eigenvalue weighted by Crippen LogP contribution is -2.42. The third-order valence-corrected chi connectivity index (χ3v) is 5.94. The van der Waals surface area contributed by atoms with Gasteiger partial charge in [0, 0.05) is 41.5 Å². The van der Waals surface area contributed by atoms with Crippen molar-refractivity contribution >= 4 is 35.3 Å². The zero-order valence-electron chi connectivity index (χ0n) is 19.2. The van der Waals surface area contributed by atoms with E-state index in [4.69, 9.17) is 16.3 Å².